The number of aromatic nitrogens is 1. The molecule has 1 fully saturated rings. The summed E-state index contributed by atoms with van der Waals surface area (Å²) in [6.07, 6.45) is 6.22. The van der Waals surface area contributed by atoms with E-state index in [1.807, 2.05) is 48.1 Å². The van der Waals surface area contributed by atoms with Crippen molar-refractivity contribution in [1.29, 1.82) is 0 Å². The smallest absolute Gasteiger partial charge is 0.230 e. The van der Waals surface area contributed by atoms with E-state index in [2.05, 4.69) is 9.98 Å². The predicted octanol–water partition coefficient (Wildman–Crippen LogP) is 2.01. The maximum absolute atomic E-state index is 11.5. The van der Waals surface area contributed by atoms with Gasteiger partial charge in [-0.3, -0.25) is 4.79 Å². The molecule has 1 unspecified atom stereocenters. The minimum Gasteiger partial charge on any atom is -0.369 e. The number of thioether (sulfide) groups is 1. The summed E-state index contributed by atoms with van der Waals surface area (Å²) in [7, 11) is 3.85. The van der Waals surface area contributed by atoms with E-state index in [1.165, 1.54) is 0 Å². The van der Waals surface area contributed by atoms with E-state index in [1.54, 1.807) is 17.7 Å². The monoisotopic (exact) mass is 294 g/mol. The lowest BCUT2D eigenvalue weighted by molar-refractivity contribution is -0.137. The molecule has 1 saturated heterocycles. The van der Waals surface area contributed by atoms with Crippen molar-refractivity contribution in [1.82, 2.24) is 14.8 Å². The minimum absolute atomic E-state index is 0.213. The lowest BCUT2D eigenvalue weighted by Crippen LogP contribution is -2.48. The summed E-state index contributed by atoms with van der Waals surface area (Å²) in [5, 5.41) is 1.10. The lowest BCUT2D eigenvalue weighted by atomic mass is 10.2. The summed E-state index contributed by atoms with van der Waals surface area (Å²) in [5.74, 6) is 1.15. The maximum Gasteiger partial charge on any atom is 0.230 e. The highest BCUT2D eigenvalue weighted by Gasteiger charge is 2.38. The van der Waals surface area contributed by atoms with Crippen LogP contribution >= 0.6 is 23.1 Å². The predicted molar refractivity (Wildman–Crippen MR) is 79.6 cm³/mol. The van der Waals surface area contributed by atoms with Crippen molar-refractivity contribution in [2.24, 2.45) is 4.99 Å². The molecule has 0 N–H and O–H groups in total. The summed E-state index contributed by atoms with van der Waals surface area (Å²) in [4.78, 5) is 24.8. The number of nitrogens with zero attached hydrogens (tertiary/aromatic N) is 4. The zero-order valence-corrected chi connectivity index (χ0v) is 12.4. The molecule has 0 aromatic carbocycles. The molecule has 0 spiro atoms. The summed E-state index contributed by atoms with van der Waals surface area (Å²) >= 11 is 3.37. The number of aliphatic imine (C=N–C) groups is 1. The Morgan fingerprint density at radius 2 is 2.42 bits per heavy atom. The second-order valence-electron chi connectivity index (χ2n) is 4.64. The molecule has 1 atom stereocenters. The summed E-state index contributed by atoms with van der Waals surface area (Å²) < 4.78 is 0. The zero-order valence-electron chi connectivity index (χ0n) is 10.7. The minimum atomic E-state index is 0.213. The molecule has 2 aliphatic heterocycles. The number of amides is 1. The molecule has 0 saturated carbocycles. The topological polar surface area (TPSA) is 48.8 Å². The van der Waals surface area contributed by atoms with Crippen LogP contribution < -0.4 is 0 Å². The van der Waals surface area contributed by atoms with Crippen LogP contribution in [0.3, 0.4) is 0 Å². The lowest BCUT2D eigenvalue weighted by Gasteiger charge is -2.40. The first kappa shape index (κ1) is 12.7. The van der Waals surface area contributed by atoms with E-state index in [-0.39, 0.29) is 5.91 Å². The molecule has 3 rings (SSSR count). The van der Waals surface area contributed by atoms with Gasteiger partial charge < -0.3 is 9.80 Å². The van der Waals surface area contributed by atoms with Crippen molar-refractivity contribution in [3.8, 4) is 0 Å². The highest BCUT2D eigenvalue weighted by atomic mass is 32.2. The molecular formula is C12H14N4OS2. The summed E-state index contributed by atoms with van der Waals surface area (Å²) in [6, 6.07) is 0. The molecule has 1 aromatic rings. The van der Waals surface area contributed by atoms with Crippen LogP contribution in [0.1, 0.15) is 11.3 Å². The van der Waals surface area contributed by atoms with Crippen molar-refractivity contribution in [2.75, 3.05) is 19.8 Å². The van der Waals surface area contributed by atoms with Crippen LogP contribution in [-0.2, 0) is 4.79 Å². The van der Waals surface area contributed by atoms with Crippen LogP contribution in [0.5, 0.6) is 0 Å². The van der Waals surface area contributed by atoms with E-state index in [9.17, 15) is 4.79 Å². The Morgan fingerprint density at radius 1 is 1.58 bits per heavy atom. The van der Waals surface area contributed by atoms with Crippen LogP contribution in [-0.4, -0.2) is 52.3 Å². The van der Waals surface area contributed by atoms with E-state index >= 15 is 0 Å². The second-order valence-corrected chi connectivity index (χ2v) is 6.82. The van der Waals surface area contributed by atoms with E-state index in [0.29, 0.717) is 11.8 Å². The number of hydrogen-bond acceptors (Lipinski definition) is 5. The van der Waals surface area contributed by atoms with Gasteiger partial charge in [-0.2, -0.15) is 0 Å². The molecule has 2 aliphatic rings. The Hall–Kier alpha value is -1.34. The van der Waals surface area contributed by atoms with Gasteiger partial charge >= 0.3 is 0 Å². The first-order valence-corrected chi connectivity index (χ1v) is 7.80. The normalized spacial score (nSPS) is 22.2. The fourth-order valence-corrected chi connectivity index (χ4v) is 3.92. The largest absolute Gasteiger partial charge is 0.369 e. The molecule has 100 valence electrons. The van der Waals surface area contributed by atoms with Gasteiger partial charge in [0.2, 0.25) is 11.0 Å². The number of rotatable bonds is 3. The molecular weight excluding hydrogens is 280 g/mol. The number of fused-ring (bicyclic) bond motifs is 1. The van der Waals surface area contributed by atoms with Crippen molar-refractivity contribution in [3.05, 3.63) is 17.3 Å². The average Bonchev–Trinajstić information content (AvgIpc) is 2.84. The molecule has 3 heterocycles. The van der Waals surface area contributed by atoms with Crippen molar-refractivity contribution in [2.45, 2.75) is 11.8 Å². The maximum atomic E-state index is 11.5. The van der Waals surface area contributed by atoms with Gasteiger partial charge in [0.05, 0.1) is 23.0 Å². The van der Waals surface area contributed by atoms with E-state index in [0.717, 1.165) is 21.3 Å². The van der Waals surface area contributed by atoms with Crippen molar-refractivity contribution in [3.63, 3.8) is 0 Å². The third-order valence-corrected chi connectivity index (χ3v) is 5.12. The summed E-state index contributed by atoms with van der Waals surface area (Å²) in [6.45, 7) is 0. The number of hydrogen-bond donors (Lipinski definition) is 0. The molecule has 1 amide bonds. The number of β-lactam (4-membered cyclic amide) rings is 1. The molecule has 0 radical (unpaired) electrons. The number of carbonyl (C=O) groups excluding carboxylic acids is 1. The van der Waals surface area contributed by atoms with Gasteiger partial charge in [0.25, 0.3) is 0 Å². The van der Waals surface area contributed by atoms with Crippen molar-refractivity contribution >= 4 is 46.0 Å². The van der Waals surface area contributed by atoms with Gasteiger partial charge in [0.1, 0.15) is 0 Å². The van der Waals surface area contributed by atoms with Gasteiger partial charge in [-0.15, -0.1) is 11.8 Å². The van der Waals surface area contributed by atoms with E-state index in [4.69, 9.17) is 0 Å². The summed E-state index contributed by atoms with van der Waals surface area (Å²) in [5.41, 5.74) is 1.16. The fraction of sp³-hybridized carbons (Fsp3) is 0.417. The molecule has 5 nitrogen and oxygen atoms in total. The first-order chi connectivity index (χ1) is 9.13. The SMILES string of the molecule is CN(C)C=Nc1ncc(C2=CN3C(=O)CC3SC2)s1. The van der Waals surface area contributed by atoms with Crippen LogP contribution in [0.25, 0.3) is 5.57 Å². The van der Waals surface area contributed by atoms with Crippen molar-refractivity contribution < 1.29 is 4.79 Å². The van der Waals surface area contributed by atoms with Gasteiger partial charge in [0.15, 0.2) is 0 Å². The Kier molecular flexibility index (Phi) is 3.32. The Balaban J connectivity index is 1.78. The van der Waals surface area contributed by atoms with Crippen LogP contribution in [0.4, 0.5) is 5.13 Å². The average molecular weight is 294 g/mol. The number of carbonyl (C=O) groups is 1. The third-order valence-electron chi connectivity index (χ3n) is 2.88. The Bertz CT molecular complexity index is 564. The first-order valence-electron chi connectivity index (χ1n) is 5.94. The standard InChI is InChI=1S/C12H14N4OS2/c1-15(2)7-14-12-13-4-9(19-12)8-5-16-10(17)3-11(16)18-6-8/h4-5,7,11H,3,6H2,1-2H3. The van der Waals surface area contributed by atoms with Gasteiger partial charge in [-0.1, -0.05) is 11.3 Å². The highest BCUT2D eigenvalue weighted by Crippen LogP contribution is 2.40. The molecule has 19 heavy (non-hydrogen) atoms. The highest BCUT2D eigenvalue weighted by molar-refractivity contribution is 8.00. The Morgan fingerprint density at radius 3 is 3.16 bits per heavy atom. The van der Waals surface area contributed by atoms with Crippen LogP contribution in [0, 0.1) is 0 Å². The van der Waals surface area contributed by atoms with E-state index < -0.39 is 0 Å². The molecule has 7 heteroatoms. The van der Waals surface area contributed by atoms with Gasteiger partial charge in [0, 0.05) is 32.2 Å². The third kappa shape index (κ3) is 2.52. The molecule has 0 bridgehead atoms. The molecule has 1 aromatic heterocycles. The van der Waals surface area contributed by atoms with Gasteiger partial charge in [-0.05, 0) is 5.57 Å². The van der Waals surface area contributed by atoms with Crippen LogP contribution in [0.15, 0.2) is 17.4 Å². The van der Waals surface area contributed by atoms with Crippen LogP contribution in [0.2, 0.25) is 0 Å². The quantitative estimate of drug-likeness (QED) is 0.486. The zero-order chi connectivity index (χ0) is 13.4. The van der Waals surface area contributed by atoms with Gasteiger partial charge in [-0.25, -0.2) is 9.98 Å². The second kappa shape index (κ2) is 4.97. The Labute approximate surface area is 120 Å². The number of thiazole rings is 1. The molecule has 0 aliphatic carbocycles. The fourth-order valence-electron chi connectivity index (χ4n) is 1.86.